The van der Waals surface area contributed by atoms with E-state index in [2.05, 4.69) is 19.2 Å². The third kappa shape index (κ3) is 2.67. The quantitative estimate of drug-likeness (QED) is 0.637. The summed E-state index contributed by atoms with van der Waals surface area (Å²) in [6, 6.07) is 0. The molecule has 0 aromatic carbocycles. The van der Waals surface area contributed by atoms with Crippen LogP contribution in [0.15, 0.2) is 0 Å². The third-order valence-corrected chi connectivity index (χ3v) is 1.68. The molecule has 10 heavy (non-hydrogen) atoms. The zero-order valence-electron chi connectivity index (χ0n) is 6.89. The Bertz CT molecular complexity index is 87.3. The summed E-state index contributed by atoms with van der Waals surface area (Å²) in [6.07, 6.45) is 1.68. The van der Waals surface area contributed by atoms with Gasteiger partial charge in [0.15, 0.2) is 0 Å². The van der Waals surface area contributed by atoms with Gasteiger partial charge in [0.25, 0.3) is 0 Å². The van der Waals surface area contributed by atoms with Gasteiger partial charge in [-0.05, 0) is 18.9 Å². The average molecular weight is 143 g/mol. The van der Waals surface area contributed by atoms with Crippen molar-refractivity contribution in [2.45, 2.75) is 26.4 Å². The van der Waals surface area contributed by atoms with Gasteiger partial charge in [-0.25, -0.2) is 0 Å². The van der Waals surface area contributed by atoms with E-state index in [9.17, 15) is 0 Å². The monoisotopic (exact) mass is 143 g/mol. The Kier molecular flexibility index (Phi) is 3.16. The molecule has 0 aliphatic carbocycles. The van der Waals surface area contributed by atoms with E-state index in [0.29, 0.717) is 12.0 Å². The van der Waals surface area contributed by atoms with Crippen LogP contribution in [0.2, 0.25) is 0 Å². The van der Waals surface area contributed by atoms with Gasteiger partial charge in [-0.15, -0.1) is 0 Å². The summed E-state index contributed by atoms with van der Waals surface area (Å²) in [6.45, 7) is 7.45. The fourth-order valence-electron chi connectivity index (χ4n) is 1.10. The van der Waals surface area contributed by atoms with Gasteiger partial charge >= 0.3 is 0 Å². The molecule has 0 unspecified atom stereocenters. The fraction of sp³-hybridized carbons (Fsp3) is 1.00. The lowest BCUT2D eigenvalue weighted by Gasteiger charge is -2.11. The van der Waals surface area contributed by atoms with Crippen LogP contribution in [0.3, 0.4) is 0 Å². The molecule has 1 aliphatic rings. The highest BCUT2D eigenvalue weighted by molar-refractivity contribution is 4.70. The molecule has 1 rings (SSSR count). The minimum atomic E-state index is 0.488. The van der Waals surface area contributed by atoms with Gasteiger partial charge < -0.3 is 10.1 Å². The van der Waals surface area contributed by atoms with Crippen molar-refractivity contribution >= 4 is 0 Å². The third-order valence-electron chi connectivity index (χ3n) is 1.68. The van der Waals surface area contributed by atoms with E-state index in [1.54, 1.807) is 0 Å². The van der Waals surface area contributed by atoms with Crippen LogP contribution >= 0.6 is 0 Å². The van der Waals surface area contributed by atoms with Crippen molar-refractivity contribution in [2.24, 2.45) is 5.92 Å². The van der Waals surface area contributed by atoms with Crippen LogP contribution in [0.5, 0.6) is 0 Å². The molecule has 1 N–H and O–H groups in total. The summed E-state index contributed by atoms with van der Waals surface area (Å²) >= 11 is 0. The van der Waals surface area contributed by atoms with Gasteiger partial charge in [0, 0.05) is 13.2 Å². The molecule has 0 spiro atoms. The summed E-state index contributed by atoms with van der Waals surface area (Å²) < 4.78 is 5.60. The van der Waals surface area contributed by atoms with Crippen LogP contribution < -0.4 is 5.32 Å². The van der Waals surface area contributed by atoms with E-state index in [1.807, 2.05) is 0 Å². The lowest BCUT2D eigenvalue weighted by Crippen LogP contribution is -2.18. The molecule has 1 fully saturated rings. The van der Waals surface area contributed by atoms with Gasteiger partial charge in [-0.3, -0.25) is 0 Å². The van der Waals surface area contributed by atoms with E-state index < -0.39 is 0 Å². The summed E-state index contributed by atoms with van der Waals surface area (Å²) in [5, 5.41) is 3.27. The van der Waals surface area contributed by atoms with E-state index >= 15 is 0 Å². The van der Waals surface area contributed by atoms with Crippen molar-refractivity contribution in [3.05, 3.63) is 0 Å². The lowest BCUT2D eigenvalue weighted by atomic mass is 10.2. The van der Waals surface area contributed by atoms with Crippen LogP contribution in [-0.4, -0.2) is 25.8 Å². The minimum Gasteiger partial charge on any atom is -0.377 e. The first kappa shape index (κ1) is 8.02. The zero-order valence-corrected chi connectivity index (χ0v) is 6.89. The van der Waals surface area contributed by atoms with Crippen LogP contribution in [-0.2, 0) is 4.74 Å². The normalized spacial score (nSPS) is 26.1. The lowest BCUT2D eigenvalue weighted by molar-refractivity contribution is 0.0486. The van der Waals surface area contributed by atoms with Gasteiger partial charge in [0.05, 0.1) is 6.10 Å². The molecule has 1 heterocycles. The number of hydrogen-bond acceptors (Lipinski definition) is 2. The molecular weight excluding hydrogens is 126 g/mol. The van der Waals surface area contributed by atoms with Crippen LogP contribution in [0.1, 0.15) is 20.3 Å². The Balaban J connectivity index is 2.01. The first-order valence-corrected chi connectivity index (χ1v) is 4.11. The average Bonchev–Trinajstić information content (AvgIpc) is 2.34. The molecule has 2 nitrogen and oxygen atoms in total. The molecule has 0 saturated carbocycles. The van der Waals surface area contributed by atoms with Gasteiger partial charge in [0.1, 0.15) is 0 Å². The Hall–Kier alpha value is -0.0800. The highest BCUT2D eigenvalue weighted by Crippen LogP contribution is 2.04. The number of ether oxygens (including phenoxy) is 1. The second-order valence-electron chi connectivity index (χ2n) is 3.34. The largest absolute Gasteiger partial charge is 0.377 e. The number of nitrogens with one attached hydrogen (secondary N) is 1. The minimum absolute atomic E-state index is 0.488. The second kappa shape index (κ2) is 3.94. The van der Waals surface area contributed by atoms with Crippen molar-refractivity contribution < 1.29 is 4.74 Å². The molecule has 60 valence electrons. The molecule has 1 aliphatic heterocycles. The van der Waals surface area contributed by atoms with E-state index in [4.69, 9.17) is 4.74 Å². The first-order chi connectivity index (χ1) is 4.79. The summed E-state index contributed by atoms with van der Waals surface area (Å²) in [4.78, 5) is 0. The Morgan fingerprint density at radius 2 is 2.40 bits per heavy atom. The maximum atomic E-state index is 5.60. The van der Waals surface area contributed by atoms with Crippen molar-refractivity contribution in [1.29, 1.82) is 0 Å². The number of rotatable bonds is 3. The maximum Gasteiger partial charge on any atom is 0.0711 e. The molecular formula is C8H17NO. The predicted molar refractivity (Wildman–Crippen MR) is 42.1 cm³/mol. The zero-order chi connectivity index (χ0) is 7.40. The van der Waals surface area contributed by atoms with Crippen molar-refractivity contribution in [3.8, 4) is 0 Å². The second-order valence-corrected chi connectivity index (χ2v) is 3.34. The molecule has 1 saturated heterocycles. The topological polar surface area (TPSA) is 21.3 Å². The SMILES string of the molecule is CC(C)CO[C@H]1CCNC1. The maximum absolute atomic E-state index is 5.60. The Morgan fingerprint density at radius 3 is 2.90 bits per heavy atom. The first-order valence-electron chi connectivity index (χ1n) is 4.11. The molecule has 1 atom stereocenters. The highest BCUT2D eigenvalue weighted by atomic mass is 16.5. The van der Waals surface area contributed by atoms with Crippen molar-refractivity contribution in [1.82, 2.24) is 5.32 Å². The summed E-state index contributed by atoms with van der Waals surface area (Å²) in [7, 11) is 0. The van der Waals surface area contributed by atoms with Crippen LogP contribution in [0, 0.1) is 5.92 Å². The Morgan fingerprint density at radius 1 is 1.60 bits per heavy atom. The number of hydrogen-bond donors (Lipinski definition) is 1. The molecule has 0 radical (unpaired) electrons. The van der Waals surface area contributed by atoms with Gasteiger partial charge in [-0.2, -0.15) is 0 Å². The van der Waals surface area contributed by atoms with E-state index in [-0.39, 0.29) is 0 Å². The fourth-order valence-corrected chi connectivity index (χ4v) is 1.10. The Labute approximate surface area is 63.0 Å². The molecule has 0 bridgehead atoms. The molecule has 0 aromatic rings. The van der Waals surface area contributed by atoms with E-state index in [1.165, 1.54) is 6.42 Å². The van der Waals surface area contributed by atoms with Gasteiger partial charge in [0.2, 0.25) is 0 Å². The molecule has 0 aromatic heterocycles. The standard InChI is InChI=1S/C8H17NO/c1-7(2)6-10-8-3-4-9-5-8/h7-9H,3-6H2,1-2H3/t8-/m0/s1. The van der Waals surface area contributed by atoms with Crippen molar-refractivity contribution in [3.63, 3.8) is 0 Å². The summed E-state index contributed by atoms with van der Waals surface area (Å²) in [5.41, 5.74) is 0. The van der Waals surface area contributed by atoms with Gasteiger partial charge in [-0.1, -0.05) is 13.8 Å². The van der Waals surface area contributed by atoms with Crippen LogP contribution in [0.4, 0.5) is 0 Å². The predicted octanol–water partition coefficient (Wildman–Crippen LogP) is 1.02. The highest BCUT2D eigenvalue weighted by Gasteiger charge is 2.14. The van der Waals surface area contributed by atoms with Crippen LogP contribution in [0.25, 0.3) is 0 Å². The van der Waals surface area contributed by atoms with Crippen molar-refractivity contribution in [2.75, 3.05) is 19.7 Å². The summed E-state index contributed by atoms with van der Waals surface area (Å²) in [5.74, 6) is 0.667. The van der Waals surface area contributed by atoms with E-state index in [0.717, 1.165) is 19.7 Å². The molecule has 2 heteroatoms. The molecule has 0 amide bonds. The smallest absolute Gasteiger partial charge is 0.0711 e.